The largest absolute Gasteiger partial charge is 0.444 e. The van der Waals surface area contributed by atoms with E-state index >= 15 is 4.39 Å². The lowest BCUT2D eigenvalue weighted by Crippen LogP contribution is -2.50. The fourth-order valence-electron chi connectivity index (χ4n) is 3.92. The number of hydrogen-bond acceptors (Lipinski definition) is 5. The summed E-state index contributed by atoms with van der Waals surface area (Å²) in [7, 11) is 0. The molecule has 3 aromatic rings. The van der Waals surface area contributed by atoms with E-state index in [2.05, 4.69) is 31.2 Å². The molecule has 0 aliphatic carbocycles. The van der Waals surface area contributed by atoms with Gasteiger partial charge in [0.15, 0.2) is 0 Å². The molecule has 7 nitrogen and oxygen atoms in total. The number of amides is 2. The summed E-state index contributed by atoms with van der Waals surface area (Å²) in [6, 6.07) is 9.34. The van der Waals surface area contributed by atoms with Crippen LogP contribution in [0.2, 0.25) is 5.02 Å². The molecule has 0 spiro atoms. The lowest BCUT2D eigenvalue weighted by Gasteiger charge is -2.27. The van der Waals surface area contributed by atoms with Crippen molar-refractivity contribution in [2.24, 2.45) is 0 Å². The Bertz CT molecular complexity index is 1350. The van der Waals surface area contributed by atoms with Crippen LogP contribution in [0.15, 0.2) is 53.7 Å². The number of ether oxygens (including phenoxy) is 1. The molecule has 2 aromatic carbocycles. The summed E-state index contributed by atoms with van der Waals surface area (Å²) in [5.74, 6) is -0.570. The lowest BCUT2D eigenvalue weighted by molar-refractivity contribution is -0.120. The van der Waals surface area contributed by atoms with E-state index in [0.29, 0.717) is 15.6 Å². The average molecular weight is 559 g/mol. The maximum Gasteiger partial charge on any atom is 0.408 e. The summed E-state index contributed by atoms with van der Waals surface area (Å²) in [4.78, 5) is 28.5. The first-order chi connectivity index (χ1) is 17.7. The summed E-state index contributed by atoms with van der Waals surface area (Å²) in [5.41, 5.74) is 1.67. The third kappa shape index (κ3) is 6.50. The fraction of sp³-hybridized carbons (Fsp3) is 0.393. The van der Waals surface area contributed by atoms with E-state index < -0.39 is 23.6 Å². The number of nitrogens with one attached hydrogen (secondary N) is 1. The van der Waals surface area contributed by atoms with Crippen LogP contribution in [0, 0.1) is 5.82 Å². The molecule has 38 heavy (non-hydrogen) atoms. The summed E-state index contributed by atoms with van der Waals surface area (Å²) in [6.07, 6.45) is 2.83. The lowest BCUT2D eigenvalue weighted by atomic mass is 9.90. The Morgan fingerprint density at radius 3 is 2.45 bits per heavy atom. The van der Waals surface area contributed by atoms with Crippen molar-refractivity contribution in [3.8, 4) is 5.69 Å². The van der Waals surface area contributed by atoms with Crippen molar-refractivity contribution in [2.75, 3.05) is 10.7 Å². The van der Waals surface area contributed by atoms with Crippen LogP contribution >= 0.6 is 23.4 Å². The van der Waals surface area contributed by atoms with Crippen molar-refractivity contribution < 1.29 is 18.7 Å². The molecule has 0 fully saturated rings. The third-order valence-corrected chi connectivity index (χ3v) is 7.32. The van der Waals surface area contributed by atoms with Gasteiger partial charge in [0.1, 0.15) is 23.1 Å². The van der Waals surface area contributed by atoms with Crippen molar-refractivity contribution in [2.45, 2.75) is 70.0 Å². The second-order valence-corrected chi connectivity index (χ2v) is 12.8. The molecular weight excluding hydrogens is 527 g/mol. The first-order valence-electron chi connectivity index (χ1n) is 12.3. The summed E-state index contributed by atoms with van der Waals surface area (Å²) < 4.78 is 22.3. The van der Waals surface area contributed by atoms with Crippen LogP contribution < -0.4 is 10.2 Å². The first-order valence-corrected chi connectivity index (χ1v) is 13.6. The Balaban J connectivity index is 1.75. The van der Waals surface area contributed by atoms with Crippen LogP contribution in [0.25, 0.3) is 5.69 Å². The van der Waals surface area contributed by atoms with E-state index in [4.69, 9.17) is 16.3 Å². The van der Waals surface area contributed by atoms with Crippen LogP contribution in [-0.2, 0) is 21.5 Å². The SMILES string of the molecule is CC(C)(C)OC(=O)N[C@H]1CSc2cc(F)c(-n3cc(C(C)(C)C)cn3)cc2N(Cc2ccc(Cl)cc2)C1=O. The Labute approximate surface area is 231 Å². The maximum absolute atomic E-state index is 15.4. The fourth-order valence-corrected chi connectivity index (χ4v) is 5.12. The highest BCUT2D eigenvalue weighted by atomic mass is 35.5. The standard InChI is InChI=1S/C28H32ClFN4O3S/c1-27(2,3)18-13-31-34(15-18)22-12-23-24(11-20(22)30)38-16-21(32-26(36)37-28(4,5)6)25(35)33(23)14-17-7-9-19(29)10-8-17/h7-13,15,21H,14,16H2,1-6H3,(H,32,36)/t21-/m0/s1. The number of hydrogen-bond donors (Lipinski definition) is 1. The van der Waals surface area contributed by atoms with Gasteiger partial charge in [0.2, 0.25) is 0 Å². The van der Waals surface area contributed by atoms with Gasteiger partial charge in [0, 0.05) is 21.9 Å². The molecule has 1 aromatic heterocycles. The second kappa shape index (κ2) is 10.6. The van der Waals surface area contributed by atoms with Crippen LogP contribution in [0.4, 0.5) is 14.9 Å². The zero-order valence-corrected chi connectivity index (χ0v) is 23.9. The van der Waals surface area contributed by atoms with Crippen molar-refractivity contribution >= 4 is 41.1 Å². The maximum atomic E-state index is 15.4. The molecular formula is C28H32ClFN4O3S. The van der Waals surface area contributed by atoms with Gasteiger partial charge in [-0.1, -0.05) is 44.5 Å². The molecule has 0 unspecified atom stereocenters. The zero-order valence-electron chi connectivity index (χ0n) is 22.3. The molecule has 0 saturated carbocycles. The van der Waals surface area contributed by atoms with Gasteiger partial charge in [-0.25, -0.2) is 13.9 Å². The van der Waals surface area contributed by atoms with Gasteiger partial charge in [-0.3, -0.25) is 4.79 Å². The third-order valence-electron chi connectivity index (χ3n) is 5.93. The molecule has 4 rings (SSSR count). The number of thioether (sulfide) groups is 1. The number of carbonyl (C=O) groups is 2. The molecule has 1 N–H and O–H groups in total. The second-order valence-electron chi connectivity index (χ2n) is 11.3. The monoisotopic (exact) mass is 558 g/mol. The van der Waals surface area contributed by atoms with Gasteiger partial charge < -0.3 is 15.0 Å². The van der Waals surface area contributed by atoms with Crippen LogP contribution in [0.5, 0.6) is 0 Å². The van der Waals surface area contributed by atoms with Gasteiger partial charge in [0.25, 0.3) is 5.91 Å². The number of fused-ring (bicyclic) bond motifs is 1. The van der Waals surface area contributed by atoms with E-state index in [9.17, 15) is 9.59 Å². The number of rotatable bonds is 4. The molecule has 202 valence electrons. The predicted octanol–water partition coefficient (Wildman–Crippen LogP) is 6.49. The molecule has 10 heteroatoms. The molecule has 1 atom stereocenters. The molecule has 1 aliphatic heterocycles. The number of aromatic nitrogens is 2. The minimum Gasteiger partial charge on any atom is -0.444 e. The highest BCUT2D eigenvalue weighted by Gasteiger charge is 2.34. The predicted molar refractivity (Wildman–Crippen MR) is 149 cm³/mol. The topological polar surface area (TPSA) is 76.5 Å². The normalized spacial score (nSPS) is 16.2. The van der Waals surface area contributed by atoms with E-state index in [-0.39, 0.29) is 29.3 Å². The smallest absolute Gasteiger partial charge is 0.408 e. The van der Waals surface area contributed by atoms with Crippen molar-refractivity contribution in [1.29, 1.82) is 0 Å². The summed E-state index contributed by atoms with van der Waals surface area (Å²) in [6.45, 7) is 11.6. The molecule has 1 aliphatic rings. The van der Waals surface area contributed by atoms with Crippen LogP contribution in [0.3, 0.4) is 0 Å². The summed E-state index contributed by atoms with van der Waals surface area (Å²) >= 11 is 7.37. The Kier molecular flexibility index (Phi) is 7.81. The number of alkyl carbamates (subject to hydrolysis) is 1. The van der Waals surface area contributed by atoms with Gasteiger partial charge in [-0.15, -0.1) is 11.8 Å². The van der Waals surface area contributed by atoms with E-state index in [0.717, 1.165) is 11.1 Å². The number of benzene rings is 2. The minimum absolute atomic E-state index is 0.159. The summed E-state index contributed by atoms with van der Waals surface area (Å²) in [5, 5.41) is 7.67. The van der Waals surface area contributed by atoms with E-state index in [1.807, 2.05) is 12.1 Å². The number of anilines is 1. The van der Waals surface area contributed by atoms with Crippen molar-refractivity contribution in [3.05, 3.63) is 70.8 Å². The number of nitrogens with zero attached hydrogens (tertiary/aromatic N) is 3. The van der Waals surface area contributed by atoms with Crippen LogP contribution in [-0.4, -0.2) is 39.2 Å². The van der Waals surface area contributed by atoms with E-state index in [1.54, 1.807) is 56.3 Å². The van der Waals surface area contributed by atoms with Gasteiger partial charge in [0.05, 0.1) is 18.4 Å². The van der Waals surface area contributed by atoms with Crippen molar-refractivity contribution in [1.82, 2.24) is 15.1 Å². The number of carbonyl (C=O) groups excluding carboxylic acids is 2. The van der Waals surface area contributed by atoms with Gasteiger partial charge in [-0.05, 0) is 61.6 Å². The Morgan fingerprint density at radius 1 is 1.16 bits per heavy atom. The quantitative estimate of drug-likeness (QED) is 0.396. The highest BCUT2D eigenvalue weighted by Crippen LogP contribution is 2.38. The van der Waals surface area contributed by atoms with Gasteiger partial charge >= 0.3 is 6.09 Å². The highest BCUT2D eigenvalue weighted by molar-refractivity contribution is 7.99. The van der Waals surface area contributed by atoms with E-state index in [1.165, 1.54) is 22.5 Å². The molecule has 2 amide bonds. The van der Waals surface area contributed by atoms with Gasteiger partial charge in [-0.2, -0.15) is 5.10 Å². The van der Waals surface area contributed by atoms with Crippen molar-refractivity contribution in [3.63, 3.8) is 0 Å². The number of halogens is 2. The van der Waals surface area contributed by atoms with Crippen LogP contribution in [0.1, 0.15) is 52.7 Å². The zero-order chi connectivity index (χ0) is 27.8. The molecule has 0 radical (unpaired) electrons. The Hall–Kier alpha value is -3.04. The molecule has 2 heterocycles. The Morgan fingerprint density at radius 2 is 1.84 bits per heavy atom. The molecule has 0 bridgehead atoms. The average Bonchev–Trinajstić information content (AvgIpc) is 3.27. The molecule has 0 saturated heterocycles. The first kappa shape index (κ1) is 28.0. The minimum atomic E-state index is -0.877.